The summed E-state index contributed by atoms with van der Waals surface area (Å²) >= 11 is 0. The van der Waals surface area contributed by atoms with Crippen molar-refractivity contribution in [3.63, 3.8) is 0 Å². The molecule has 0 aliphatic rings. The summed E-state index contributed by atoms with van der Waals surface area (Å²) in [4.78, 5) is 50.7. The van der Waals surface area contributed by atoms with Crippen molar-refractivity contribution in [1.82, 2.24) is 15.6 Å². The van der Waals surface area contributed by atoms with Gasteiger partial charge in [-0.3, -0.25) is 14.4 Å². The maximum absolute atomic E-state index is 12.8. The van der Waals surface area contributed by atoms with Gasteiger partial charge in [0.25, 0.3) is 0 Å². The van der Waals surface area contributed by atoms with Crippen molar-refractivity contribution in [3.8, 4) is 0 Å². The van der Waals surface area contributed by atoms with Gasteiger partial charge in [-0.2, -0.15) is 0 Å². The maximum atomic E-state index is 12.8. The number of hydrogen-bond acceptors (Lipinski definition) is 6. The number of aromatic amines is 1. The molecule has 2 aromatic rings. The smallest absolute Gasteiger partial charge is 0.326 e. The number of para-hydroxylation sites is 1. The number of carbonyl (C=O) groups excluding carboxylic acids is 3. The van der Waals surface area contributed by atoms with E-state index in [0.29, 0.717) is 6.21 Å². The van der Waals surface area contributed by atoms with E-state index in [-0.39, 0.29) is 25.9 Å². The van der Waals surface area contributed by atoms with E-state index in [1.165, 1.54) is 7.11 Å². The lowest BCUT2D eigenvalue weighted by molar-refractivity contribution is -0.142. The number of rotatable bonds is 12. The molecule has 0 spiro atoms. The Kier molecular flexibility index (Phi) is 8.24. The normalized spacial score (nSPS) is 12.7. The Labute approximate surface area is 172 Å². The van der Waals surface area contributed by atoms with Crippen molar-refractivity contribution in [2.45, 2.75) is 31.3 Å². The first-order valence-electron chi connectivity index (χ1n) is 9.25. The van der Waals surface area contributed by atoms with Crippen LogP contribution in [0, 0.1) is 5.41 Å². The lowest BCUT2D eigenvalue weighted by Gasteiger charge is -2.21. The molecule has 0 aliphatic heterocycles. The van der Waals surface area contributed by atoms with Crippen LogP contribution in [-0.4, -0.2) is 65.7 Å². The number of amides is 2. The van der Waals surface area contributed by atoms with Gasteiger partial charge in [-0.1, -0.05) is 18.2 Å². The van der Waals surface area contributed by atoms with Gasteiger partial charge in [0.2, 0.25) is 11.8 Å². The average Bonchev–Trinajstić information content (AvgIpc) is 3.13. The molecule has 160 valence electrons. The molecule has 30 heavy (non-hydrogen) atoms. The summed E-state index contributed by atoms with van der Waals surface area (Å²) in [6, 6.07) is 5.08. The van der Waals surface area contributed by atoms with Gasteiger partial charge in [0, 0.05) is 37.1 Å². The quantitative estimate of drug-likeness (QED) is 0.315. The number of methoxy groups -OCH3 is 1. The zero-order chi connectivity index (χ0) is 22.1. The van der Waals surface area contributed by atoms with Crippen molar-refractivity contribution in [2.75, 3.05) is 13.7 Å². The van der Waals surface area contributed by atoms with Crippen LogP contribution in [0.4, 0.5) is 0 Å². The molecular weight excluding hydrogens is 392 g/mol. The van der Waals surface area contributed by atoms with E-state index in [4.69, 9.17) is 10.1 Å². The molecule has 0 fully saturated rings. The predicted molar refractivity (Wildman–Crippen MR) is 108 cm³/mol. The number of H-pyrrole nitrogens is 1. The number of carboxylic acids is 1. The van der Waals surface area contributed by atoms with E-state index >= 15 is 0 Å². The van der Waals surface area contributed by atoms with Crippen LogP contribution in [0.5, 0.6) is 0 Å². The highest BCUT2D eigenvalue weighted by molar-refractivity contribution is 6.26. The van der Waals surface area contributed by atoms with E-state index in [2.05, 4.69) is 15.6 Å². The molecule has 0 radical (unpaired) electrons. The zero-order valence-corrected chi connectivity index (χ0v) is 16.4. The molecule has 1 aromatic heterocycles. The Morgan fingerprint density at radius 3 is 2.60 bits per heavy atom. The van der Waals surface area contributed by atoms with Crippen LogP contribution < -0.4 is 10.6 Å². The molecule has 2 amide bonds. The Morgan fingerprint density at radius 1 is 1.20 bits per heavy atom. The van der Waals surface area contributed by atoms with Gasteiger partial charge in [-0.15, -0.1) is 0 Å². The molecule has 0 unspecified atom stereocenters. The number of aliphatic carboxylic acids is 1. The molecule has 0 aliphatic carbocycles. The lowest BCUT2D eigenvalue weighted by Crippen LogP contribution is -2.53. The second-order valence-corrected chi connectivity index (χ2v) is 6.67. The third-order valence-corrected chi connectivity index (χ3v) is 4.48. The van der Waals surface area contributed by atoms with E-state index in [1.54, 1.807) is 6.20 Å². The van der Waals surface area contributed by atoms with Gasteiger partial charge >= 0.3 is 5.97 Å². The predicted octanol–water partition coefficient (Wildman–Crippen LogP) is 0.410. The van der Waals surface area contributed by atoms with Crippen molar-refractivity contribution in [1.29, 1.82) is 5.41 Å². The Balaban J connectivity index is 2.18. The molecule has 0 saturated carbocycles. The van der Waals surface area contributed by atoms with E-state index in [0.717, 1.165) is 16.5 Å². The summed E-state index contributed by atoms with van der Waals surface area (Å²) < 4.78 is 4.78. The number of fused-ring (bicyclic) bond motifs is 1. The number of aromatic nitrogens is 1. The fourth-order valence-electron chi connectivity index (χ4n) is 2.99. The maximum Gasteiger partial charge on any atom is 0.326 e. The molecule has 0 saturated heterocycles. The first-order chi connectivity index (χ1) is 14.3. The van der Waals surface area contributed by atoms with Crippen LogP contribution in [0.15, 0.2) is 30.5 Å². The molecule has 10 nitrogen and oxygen atoms in total. The number of hydrogen-bond donors (Lipinski definition) is 5. The molecular formula is C20H24N4O6. The number of carboxylic acid groups (broad SMARTS) is 1. The first-order valence-corrected chi connectivity index (χ1v) is 9.25. The second kappa shape index (κ2) is 10.9. The van der Waals surface area contributed by atoms with E-state index in [9.17, 15) is 24.3 Å². The number of carbonyl (C=O) groups is 4. The van der Waals surface area contributed by atoms with E-state index in [1.807, 2.05) is 24.3 Å². The van der Waals surface area contributed by atoms with Crippen LogP contribution in [0.1, 0.15) is 18.4 Å². The Morgan fingerprint density at radius 2 is 1.93 bits per heavy atom. The molecule has 2 rings (SSSR count). The van der Waals surface area contributed by atoms with Crippen molar-refractivity contribution < 1.29 is 29.0 Å². The van der Waals surface area contributed by atoms with E-state index < -0.39 is 35.7 Å². The van der Waals surface area contributed by atoms with Gasteiger partial charge in [-0.05, 0) is 18.1 Å². The van der Waals surface area contributed by atoms with Crippen LogP contribution in [0.3, 0.4) is 0 Å². The number of ether oxygens (including phenoxy) is 1. The van der Waals surface area contributed by atoms with Crippen molar-refractivity contribution >= 4 is 40.7 Å². The SMILES string of the molecule is COCC(=O)N[C@@H](Cc1c[nH]c2ccccc12)C(=O)N[C@@H](CCC(=O)C=N)C(=O)O. The number of nitrogens with one attached hydrogen (secondary N) is 4. The minimum atomic E-state index is -1.33. The van der Waals surface area contributed by atoms with Crippen LogP contribution >= 0.6 is 0 Å². The van der Waals surface area contributed by atoms with Crippen LogP contribution in [0.2, 0.25) is 0 Å². The molecule has 5 N–H and O–H groups in total. The number of benzene rings is 1. The average molecular weight is 416 g/mol. The molecule has 2 atom stereocenters. The number of Topliss-reactive ketones (excluding diaryl/α,β-unsaturated/α-hetero) is 1. The Hall–Kier alpha value is -3.53. The van der Waals surface area contributed by atoms with Crippen molar-refractivity contribution in [2.24, 2.45) is 0 Å². The first kappa shape index (κ1) is 22.8. The third kappa shape index (κ3) is 6.24. The fourth-order valence-corrected chi connectivity index (χ4v) is 2.99. The molecule has 0 bridgehead atoms. The monoisotopic (exact) mass is 416 g/mol. The lowest BCUT2D eigenvalue weighted by atomic mass is 10.0. The van der Waals surface area contributed by atoms with Crippen LogP contribution in [0.25, 0.3) is 10.9 Å². The minimum absolute atomic E-state index is 0.122. The number of ketones is 1. The largest absolute Gasteiger partial charge is 0.480 e. The molecule has 10 heteroatoms. The molecule has 1 heterocycles. The van der Waals surface area contributed by atoms with Gasteiger partial charge < -0.3 is 30.9 Å². The summed E-state index contributed by atoms with van der Waals surface area (Å²) in [5.74, 6) is -3.07. The summed E-state index contributed by atoms with van der Waals surface area (Å²) in [6.45, 7) is -0.256. The summed E-state index contributed by atoms with van der Waals surface area (Å²) in [7, 11) is 1.34. The highest BCUT2D eigenvalue weighted by atomic mass is 16.5. The highest BCUT2D eigenvalue weighted by Crippen LogP contribution is 2.19. The van der Waals surface area contributed by atoms with Gasteiger partial charge in [-0.25, -0.2) is 4.79 Å². The second-order valence-electron chi connectivity index (χ2n) is 6.67. The van der Waals surface area contributed by atoms with Gasteiger partial charge in [0.1, 0.15) is 18.7 Å². The van der Waals surface area contributed by atoms with Crippen LogP contribution in [-0.2, 0) is 30.3 Å². The minimum Gasteiger partial charge on any atom is -0.480 e. The standard InChI is InChI=1S/C20H24N4O6/c1-30-11-18(26)23-17(8-12-10-22-15-5-3-2-4-14(12)15)19(27)24-16(20(28)29)7-6-13(25)9-21/h2-5,9-10,16-17,21-22H,6-8,11H2,1H3,(H,23,26)(H,24,27)(H,28,29)/t16-,17-/m0/s1. The van der Waals surface area contributed by atoms with Gasteiger partial charge in [0.15, 0.2) is 5.78 Å². The summed E-state index contributed by atoms with van der Waals surface area (Å²) in [6.07, 6.45) is 2.10. The summed E-state index contributed by atoms with van der Waals surface area (Å²) in [5.41, 5.74) is 1.64. The molecule has 1 aromatic carbocycles. The van der Waals surface area contributed by atoms with Gasteiger partial charge in [0.05, 0.1) is 6.21 Å². The topological polar surface area (TPSA) is 161 Å². The zero-order valence-electron chi connectivity index (χ0n) is 16.4. The fraction of sp³-hybridized carbons (Fsp3) is 0.350. The Bertz CT molecular complexity index is 938. The highest BCUT2D eigenvalue weighted by Gasteiger charge is 2.27. The van der Waals surface area contributed by atoms with Crippen molar-refractivity contribution in [3.05, 3.63) is 36.0 Å². The summed E-state index contributed by atoms with van der Waals surface area (Å²) in [5, 5.41) is 22.1. The third-order valence-electron chi connectivity index (χ3n) is 4.48.